The average molecular weight is 352 g/mol. The maximum Gasteiger partial charge on any atom is 0.258 e. The van der Waals surface area contributed by atoms with E-state index in [4.69, 9.17) is 21.1 Å². The van der Waals surface area contributed by atoms with E-state index in [1.54, 1.807) is 18.2 Å². The lowest BCUT2D eigenvalue weighted by atomic mass is 10.1. The molecule has 0 fully saturated rings. The molecule has 0 atom stereocenters. The molecule has 0 saturated heterocycles. The van der Waals surface area contributed by atoms with E-state index in [0.29, 0.717) is 35.2 Å². The van der Waals surface area contributed by atoms with Crippen LogP contribution in [0.5, 0.6) is 11.5 Å². The summed E-state index contributed by atoms with van der Waals surface area (Å²) in [5.74, 6) is 0.741. The van der Waals surface area contributed by atoms with E-state index in [-0.39, 0.29) is 5.91 Å². The number of aryl methyl sites for hydroxylation is 2. The number of carbonyl (C=O) groups is 1. The third-order valence-corrected chi connectivity index (χ3v) is 4.33. The zero-order valence-corrected chi connectivity index (χ0v) is 15.1. The van der Waals surface area contributed by atoms with Gasteiger partial charge in [-0.1, -0.05) is 17.7 Å². The highest BCUT2D eigenvalue weighted by Crippen LogP contribution is 2.27. The van der Waals surface area contributed by atoms with Crippen molar-refractivity contribution in [2.24, 2.45) is 0 Å². The van der Waals surface area contributed by atoms with Crippen LogP contribution in [-0.2, 0) is 6.54 Å². The second kappa shape index (κ2) is 8.06. The largest absolute Gasteiger partial charge is 0.496 e. The Morgan fingerprint density at radius 3 is 2.38 bits per heavy atom. The minimum Gasteiger partial charge on any atom is -0.496 e. The molecule has 2 rings (SSSR count). The van der Waals surface area contributed by atoms with Gasteiger partial charge in [0, 0.05) is 13.1 Å². The molecule has 0 saturated carbocycles. The van der Waals surface area contributed by atoms with Crippen LogP contribution >= 0.6 is 11.6 Å². The van der Waals surface area contributed by atoms with Gasteiger partial charge in [0.05, 0.1) is 30.6 Å². The van der Waals surface area contributed by atoms with E-state index in [1.807, 2.05) is 18.5 Å². The molecular weight excluding hydrogens is 330 g/mol. The summed E-state index contributed by atoms with van der Waals surface area (Å²) in [6.07, 6.45) is 0.738. The number of amides is 1. The first kappa shape index (κ1) is 18.1. The molecule has 0 unspecified atom stereocenters. The first-order valence-electron chi connectivity index (χ1n) is 7.68. The molecule has 0 radical (unpaired) electrons. The number of carbonyl (C=O) groups excluding carboxylic acids is 1. The Morgan fingerprint density at radius 2 is 1.88 bits per heavy atom. The molecule has 0 aliphatic heterocycles. The van der Waals surface area contributed by atoms with Gasteiger partial charge in [-0.2, -0.15) is 5.10 Å². The first-order chi connectivity index (χ1) is 11.5. The number of methoxy groups -OCH3 is 2. The van der Waals surface area contributed by atoms with E-state index in [1.165, 1.54) is 14.2 Å². The number of nitrogens with one attached hydrogen (secondary N) is 1. The quantitative estimate of drug-likeness (QED) is 0.779. The van der Waals surface area contributed by atoms with Crippen LogP contribution in [0.4, 0.5) is 0 Å². The minimum absolute atomic E-state index is 0.226. The molecule has 130 valence electrons. The molecule has 2 aromatic rings. The second-order valence-corrected chi connectivity index (χ2v) is 5.73. The third-order valence-electron chi connectivity index (χ3n) is 3.78. The third kappa shape index (κ3) is 3.82. The fourth-order valence-corrected chi connectivity index (χ4v) is 2.62. The van der Waals surface area contributed by atoms with E-state index in [9.17, 15) is 4.79 Å². The van der Waals surface area contributed by atoms with Gasteiger partial charge in [-0.3, -0.25) is 9.48 Å². The molecule has 0 aliphatic carbocycles. The monoisotopic (exact) mass is 351 g/mol. The highest BCUT2D eigenvalue weighted by atomic mass is 35.5. The Morgan fingerprint density at radius 1 is 1.25 bits per heavy atom. The fraction of sp³-hybridized carbons (Fsp3) is 0.412. The van der Waals surface area contributed by atoms with Crippen molar-refractivity contribution in [1.29, 1.82) is 0 Å². The van der Waals surface area contributed by atoms with Crippen molar-refractivity contribution in [2.45, 2.75) is 26.8 Å². The summed E-state index contributed by atoms with van der Waals surface area (Å²) >= 11 is 6.13. The molecule has 1 amide bonds. The molecule has 1 aromatic heterocycles. The number of hydrogen-bond donors (Lipinski definition) is 1. The number of benzene rings is 1. The fourth-order valence-electron chi connectivity index (χ4n) is 2.49. The lowest BCUT2D eigenvalue weighted by Crippen LogP contribution is -2.26. The predicted molar refractivity (Wildman–Crippen MR) is 93.2 cm³/mol. The second-order valence-electron chi connectivity index (χ2n) is 5.35. The molecule has 1 aromatic carbocycles. The van der Waals surface area contributed by atoms with Crippen LogP contribution in [0, 0.1) is 13.8 Å². The van der Waals surface area contributed by atoms with Gasteiger partial charge >= 0.3 is 0 Å². The number of nitrogens with zero attached hydrogens (tertiary/aromatic N) is 2. The molecule has 0 aliphatic rings. The molecule has 24 heavy (non-hydrogen) atoms. The number of rotatable bonds is 7. The molecular formula is C17H22ClN3O3. The van der Waals surface area contributed by atoms with Crippen molar-refractivity contribution in [1.82, 2.24) is 15.1 Å². The maximum atomic E-state index is 12.4. The van der Waals surface area contributed by atoms with Crippen molar-refractivity contribution in [3.05, 3.63) is 40.2 Å². The SMILES string of the molecule is COc1cccc(OC)c1C(=O)NCCCn1nc(C)c(Cl)c1C. The average Bonchev–Trinajstić information content (AvgIpc) is 2.84. The van der Waals surface area contributed by atoms with Crippen LogP contribution in [0.1, 0.15) is 28.2 Å². The van der Waals surface area contributed by atoms with Crippen molar-refractivity contribution in [3.63, 3.8) is 0 Å². The maximum absolute atomic E-state index is 12.4. The van der Waals surface area contributed by atoms with Crippen LogP contribution in [-0.4, -0.2) is 36.5 Å². The Kier molecular flexibility index (Phi) is 6.09. The number of halogens is 1. The topological polar surface area (TPSA) is 65.4 Å². The summed E-state index contributed by atoms with van der Waals surface area (Å²) in [5.41, 5.74) is 2.15. The highest BCUT2D eigenvalue weighted by molar-refractivity contribution is 6.31. The van der Waals surface area contributed by atoms with Crippen molar-refractivity contribution >= 4 is 17.5 Å². The Bertz CT molecular complexity index is 706. The summed E-state index contributed by atoms with van der Waals surface area (Å²) in [6, 6.07) is 5.24. The van der Waals surface area contributed by atoms with Crippen LogP contribution in [0.3, 0.4) is 0 Å². The van der Waals surface area contributed by atoms with E-state index >= 15 is 0 Å². The molecule has 1 heterocycles. The predicted octanol–water partition coefficient (Wildman–Crippen LogP) is 2.99. The van der Waals surface area contributed by atoms with Gasteiger partial charge in [-0.05, 0) is 32.4 Å². The van der Waals surface area contributed by atoms with Gasteiger partial charge < -0.3 is 14.8 Å². The Hall–Kier alpha value is -2.21. The molecule has 7 heteroatoms. The van der Waals surface area contributed by atoms with Crippen LogP contribution < -0.4 is 14.8 Å². The van der Waals surface area contributed by atoms with Crippen molar-refractivity contribution < 1.29 is 14.3 Å². The smallest absolute Gasteiger partial charge is 0.258 e. The minimum atomic E-state index is -0.226. The van der Waals surface area contributed by atoms with Gasteiger partial charge in [-0.25, -0.2) is 0 Å². The molecule has 0 spiro atoms. The van der Waals surface area contributed by atoms with E-state index in [2.05, 4.69) is 10.4 Å². The number of hydrogen-bond acceptors (Lipinski definition) is 4. The van der Waals surface area contributed by atoms with E-state index < -0.39 is 0 Å². The highest BCUT2D eigenvalue weighted by Gasteiger charge is 2.17. The number of aromatic nitrogens is 2. The lowest BCUT2D eigenvalue weighted by molar-refractivity contribution is 0.0946. The van der Waals surface area contributed by atoms with Crippen molar-refractivity contribution in [2.75, 3.05) is 20.8 Å². The lowest BCUT2D eigenvalue weighted by Gasteiger charge is -2.13. The number of ether oxygens (including phenoxy) is 2. The van der Waals surface area contributed by atoms with Crippen LogP contribution in [0.15, 0.2) is 18.2 Å². The zero-order chi connectivity index (χ0) is 17.7. The van der Waals surface area contributed by atoms with Gasteiger partial charge in [0.2, 0.25) is 0 Å². The summed E-state index contributed by atoms with van der Waals surface area (Å²) in [6.45, 7) is 5.00. The standard InChI is InChI=1S/C17H22ClN3O3/c1-11-16(18)12(2)21(20-11)10-6-9-19-17(22)15-13(23-3)7-5-8-14(15)24-4/h5,7-8H,6,9-10H2,1-4H3,(H,19,22). The van der Waals surface area contributed by atoms with Gasteiger partial charge in [0.25, 0.3) is 5.91 Å². The molecule has 0 bridgehead atoms. The van der Waals surface area contributed by atoms with Crippen molar-refractivity contribution in [3.8, 4) is 11.5 Å². The van der Waals surface area contributed by atoms with Gasteiger partial charge in [0.1, 0.15) is 17.1 Å². The first-order valence-corrected chi connectivity index (χ1v) is 8.06. The summed E-state index contributed by atoms with van der Waals surface area (Å²) in [4.78, 5) is 12.4. The Balaban J connectivity index is 1.95. The molecule has 1 N–H and O–H groups in total. The van der Waals surface area contributed by atoms with Gasteiger partial charge in [0.15, 0.2) is 0 Å². The summed E-state index contributed by atoms with van der Waals surface area (Å²) in [7, 11) is 3.05. The van der Waals surface area contributed by atoms with Crippen LogP contribution in [0.2, 0.25) is 5.02 Å². The van der Waals surface area contributed by atoms with Crippen LogP contribution in [0.25, 0.3) is 0 Å². The molecule has 6 nitrogen and oxygen atoms in total. The Labute approximate surface area is 146 Å². The van der Waals surface area contributed by atoms with E-state index in [0.717, 1.165) is 17.8 Å². The summed E-state index contributed by atoms with van der Waals surface area (Å²) < 4.78 is 12.3. The normalized spacial score (nSPS) is 10.5. The zero-order valence-electron chi connectivity index (χ0n) is 14.4. The summed E-state index contributed by atoms with van der Waals surface area (Å²) in [5, 5.41) is 7.95. The van der Waals surface area contributed by atoms with Gasteiger partial charge in [-0.15, -0.1) is 0 Å².